The van der Waals surface area contributed by atoms with E-state index in [2.05, 4.69) is 4.98 Å². The van der Waals surface area contributed by atoms with Gasteiger partial charge in [-0.3, -0.25) is 0 Å². The number of nitrogens with zero attached hydrogens (tertiary/aromatic N) is 1. The summed E-state index contributed by atoms with van der Waals surface area (Å²) in [6, 6.07) is 4.79. The third kappa shape index (κ3) is 1.59. The van der Waals surface area contributed by atoms with Crippen LogP contribution >= 0.6 is 0 Å². The number of hydrogen-bond acceptors (Lipinski definition) is 3. The van der Waals surface area contributed by atoms with Crippen LogP contribution in [0.1, 0.15) is 10.4 Å². The van der Waals surface area contributed by atoms with Gasteiger partial charge >= 0.3 is 24.8 Å². The summed E-state index contributed by atoms with van der Waals surface area (Å²) in [5, 5.41) is 8.72. The van der Waals surface area contributed by atoms with Crippen LogP contribution in [0.3, 0.4) is 0 Å². The second-order valence-corrected chi connectivity index (χ2v) is 2.31. The van der Waals surface area contributed by atoms with Crippen molar-refractivity contribution in [2.24, 2.45) is 0 Å². The Kier molecular flexibility index (Phi) is 2.76. The van der Waals surface area contributed by atoms with Gasteiger partial charge < -0.3 is 9.52 Å². The van der Waals surface area contributed by atoms with Gasteiger partial charge in [-0.1, -0.05) is 6.07 Å². The summed E-state index contributed by atoms with van der Waals surface area (Å²) < 4.78 is 4.93. The van der Waals surface area contributed by atoms with Crippen LogP contribution in [0.25, 0.3) is 11.1 Å². The molecule has 62 valence electrons. The molecule has 2 rings (SSSR count). The first-order chi connectivity index (χ1) is 5.79. The summed E-state index contributed by atoms with van der Waals surface area (Å²) in [4.78, 5) is 14.4. The minimum atomic E-state index is -0.991. The average molecular weight is 171 g/mol. The molecule has 0 atom stereocenters. The second-order valence-electron chi connectivity index (χ2n) is 2.31. The zero-order valence-electron chi connectivity index (χ0n) is 6.02. The van der Waals surface area contributed by atoms with Gasteiger partial charge in [0.25, 0.3) is 0 Å². The fraction of sp³-hybridized carbons (Fsp3) is 0. The number of para-hydroxylation sites is 1. The van der Waals surface area contributed by atoms with E-state index in [1.165, 1.54) is 12.5 Å². The number of rotatable bonds is 1. The summed E-state index contributed by atoms with van der Waals surface area (Å²) in [5.41, 5.74) is 1.06. The van der Waals surface area contributed by atoms with Crippen molar-refractivity contribution in [1.29, 1.82) is 0 Å². The molecule has 0 saturated carbocycles. The molecule has 0 fully saturated rings. The molecule has 1 N–H and O–H groups in total. The molecule has 0 radical (unpaired) electrons. The number of aromatic carboxylic acids is 1. The number of carboxylic acid groups (broad SMARTS) is 1. The van der Waals surface area contributed by atoms with Gasteiger partial charge in [0.2, 0.25) is 0 Å². The first-order valence-electron chi connectivity index (χ1n) is 3.34. The minimum absolute atomic E-state index is 0. The molecule has 0 aliphatic rings. The third-order valence-corrected chi connectivity index (χ3v) is 1.59. The van der Waals surface area contributed by atoms with E-state index in [-0.39, 0.29) is 24.4 Å². The van der Waals surface area contributed by atoms with E-state index in [4.69, 9.17) is 9.52 Å². The standard InChI is InChI=1S/C8H5NO3.Li.H/c10-8(11)5-2-1-3-6-7(5)9-4-12-6;;/h1-4H,(H,10,11);;. The van der Waals surface area contributed by atoms with Crippen LogP contribution in [-0.4, -0.2) is 34.9 Å². The molecule has 5 heteroatoms. The van der Waals surface area contributed by atoms with Crippen molar-refractivity contribution in [2.75, 3.05) is 0 Å². The van der Waals surface area contributed by atoms with Gasteiger partial charge in [-0.25, -0.2) is 9.78 Å². The zero-order chi connectivity index (χ0) is 8.55. The van der Waals surface area contributed by atoms with E-state index in [0.717, 1.165) is 0 Å². The van der Waals surface area contributed by atoms with E-state index in [9.17, 15) is 4.79 Å². The van der Waals surface area contributed by atoms with Crippen LogP contribution in [-0.2, 0) is 0 Å². The van der Waals surface area contributed by atoms with E-state index in [1.807, 2.05) is 0 Å². The van der Waals surface area contributed by atoms with Crippen LogP contribution in [0.4, 0.5) is 0 Å². The second kappa shape index (κ2) is 3.65. The first kappa shape index (κ1) is 9.84. The van der Waals surface area contributed by atoms with Crippen LogP contribution in [0.5, 0.6) is 0 Å². The van der Waals surface area contributed by atoms with Crippen molar-refractivity contribution in [3.8, 4) is 0 Å². The number of oxazole rings is 1. The Balaban J connectivity index is 0.000000845. The predicted octanol–water partition coefficient (Wildman–Crippen LogP) is 0.877. The van der Waals surface area contributed by atoms with E-state index >= 15 is 0 Å². The molecule has 0 unspecified atom stereocenters. The van der Waals surface area contributed by atoms with Crippen molar-refractivity contribution in [3.05, 3.63) is 30.2 Å². The first-order valence-corrected chi connectivity index (χ1v) is 3.34. The molecule has 4 nitrogen and oxygen atoms in total. The number of carbonyl (C=O) groups is 1. The summed E-state index contributed by atoms with van der Waals surface area (Å²) in [7, 11) is 0. The van der Waals surface area contributed by atoms with Crippen molar-refractivity contribution in [1.82, 2.24) is 4.98 Å². The molecule has 0 bridgehead atoms. The third-order valence-electron chi connectivity index (χ3n) is 1.59. The number of aromatic nitrogens is 1. The average Bonchev–Trinajstić information content (AvgIpc) is 2.49. The SMILES string of the molecule is O=C(O)c1cccc2ocnc12.[LiH]. The van der Waals surface area contributed by atoms with Gasteiger partial charge in [0.1, 0.15) is 5.52 Å². The van der Waals surface area contributed by atoms with Crippen LogP contribution < -0.4 is 0 Å². The molecule has 13 heavy (non-hydrogen) atoms. The molecule has 0 aliphatic heterocycles. The summed E-state index contributed by atoms with van der Waals surface area (Å²) >= 11 is 0. The Labute approximate surface area is 85.7 Å². The fourth-order valence-corrected chi connectivity index (χ4v) is 1.06. The Bertz CT molecular complexity index is 438. The molecule has 0 saturated heterocycles. The monoisotopic (exact) mass is 171 g/mol. The van der Waals surface area contributed by atoms with Gasteiger partial charge in [-0.05, 0) is 12.1 Å². The van der Waals surface area contributed by atoms with Crippen LogP contribution in [0.2, 0.25) is 0 Å². The normalized spacial score (nSPS) is 9.54. The van der Waals surface area contributed by atoms with E-state index < -0.39 is 5.97 Å². The number of hydrogen-bond donors (Lipinski definition) is 1. The number of fused-ring (bicyclic) bond motifs is 1. The molecule has 1 heterocycles. The Hall–Kier alpha value is -1.24. The predicted molar refractivity (Wildman–Crippen MR) is 48.1 cm³/mol. The molecular formula is C8H6LiNO3. The molecule has 1 aromatic heterocycles. The Morgan fingerprint density at radius 2 is 2.23 bits per heavy atom. The molecule has 0 amide bonds. The van der Waals surface area contributed by atoms with Crippen molar-refractivity contribution in [2.45, 2.75) is 0 Å². The quantitative estimate of drug-likeness (QED) is 0.646. The van der Waals surface area contributed by atoms with Crippen LogP contribution in [0.15, 0.2) is 29.0 Å². The van der Waals surface area contributed by atoms with Gasteiger partial charge in [-0.2, -0.15) is 0 Å². The topological polar surface area (TPSA) is 63.3 Å². The summed E-state index contributed by atoms with van der Waals surface area (Å²) in [6.45, 7) is 0. The van der Waals surface area contributed by atoms with Gasteiger partial charge in [-0.15, -0.1) is 0 Å². The van der Waals surface area contributed by atoms with Gasteiger partial charge in [0.05, 0.1) is 5.56 Å². The van der Waals surface area contributed by atoms with Crippen molar-refractivity contribution >= 4 is 35.9 Å². The van der Waals surface area contributed by atoms with E-state index in [1.54, 1.807) is 12.1 Å². The Morgan fingerprint density at radius 1 is 1.46 bits per heavy atom. The van der Waals surface area contributed by atoms with E-state index in [0.29, 0.717) is 11.1 Å². The van der Waals surface area contributed by atoms with Crippen LogP contribution in [0, 0.1) is 0 Å². The van der Waals surface area contributed by atoms with Crippen molar-refractivity contribution < 1.29 is 14.3 Å². The number of benzene rings is 1. The summed E-state index contributed by atoms with van der Waals surface area (Å²) in [6.07, 6.45) is 1.23. The van der Waals surface area contributed by atoms with Gasteiger partial charge in [0, 0.05) is 0 Å². The zero-order valence-corrected chi connectivity index (χ0v) is 6.02. The maximum absolute atomic E-state index is 10.6. The molecule has 0 spiro atoms. The molecule has 2 aromatic rings. The fourth-order valence-electron chi connectivity index (χ4n) is 1.06. The molecular weight excluding hydrogens is 165 g/mol. The summed E-state index contributed by atoms with van der Waals surface area (Å²) in [5.74, 6) is -0.991. The number of carboxylic acids is 1. The van der Waals surface area contributed by atoms with Gasteiger partial charge in [0.15, 0.2) is 12.0 Å². The maximum atomic E-state index is 10.6. The molecule has 1 aromatic carbocycles. The molecule has 0 aliphatic carbocycles. The Morgan fingerprint density at radius 3 is 2.92 bits per heavy atom. The van der Waals surface area contributed by atoms with Crippen molar-refractivity contribution in [3.63, 3.8) is 0 Å².